The van der Waals surface area contributed by atoms with E-state index in [1.807, 2.05) is 14.0 Å². The third-order valence-electron chi connectivity index (χ3n) is 2.92. The van der Waals surface area contributed by atoms with E-state index in [0.717, 1.165) is 29.9 Å². The van der Waals surface area contributed by atoms with Crippen molar-refractivity contribution in [1.82, 2.24) is 24.8 Å². The molecule has 0 aliphatic rings. The first-order valence-electron chi connectivity index (χ1n) is 5.90. The summed E-state index contributed by atoms with van der Waals surface area (Å²) in [5.41, 5.74) is 8.50. The topological polar surface area (TPSA) is 74.6 Å². The minimum Gasteiger partial charge on any atom is -0.381 e. The van der Waals surface area contributed by atoms with Crippen molar-refractivity contribution in [3.05, 3.63) is 22.1 Å². The van der Waals surface area contributed by atoms with Gasteiger partial charge < -0.3 is 5.73 Å². The van der Waals surface area contributed by atoms with Crippen molar-refractivity contribution in [2.75, 3.05) is 5.73 Å². The van der Waals surface area contributed by atoms with Crippen LogP contribution in [0.1, 0.15) is 30.4 Å². The Hall–Kier alpha value is -1.56. The maximum Gasteiger partial charge on any atom is 0.169 e. The molecule has 2 aromatic heterocycles. The molecule has 0 aliphatic heterocycles. The molecule has 0 amide bonds. The average molecular weight is 269 g/mol. The SMILES string of the molecule is CCCc1c(N)nnn1Cc1c(Cl)c(C)nn1C. The number of rotatable bonds is 4. The summed E-state index contributed by atoms with van der Waals surface area (Å²) in [6.07, 6.45) is 1.85. The van der Waals surface area contributed by atoms with Gasteiger partial charge >= 0.3 is 0 Å². The van der Waals surface area contributed by atoms with Gasteiger partial charge in [-0.05, 0) is 13.3 Å². The Morgan fingerprint density at radius 2 is 2.06 bits per heavy atom. The molecule has 0 aliphatic carbocycles. The third-order valence-corrected chi connectivity index (χ3v) is 3.41. The van der Waals surface area contributed by atoms with Crippen molar-refractivity contribution >= 4 is 17.4 Å². The number of halogens is 1. The number of aryl methyl sites for hydroxylation is 2. The monoisotopic (exact) mass is 268 g/mol. The summed E-state index contributed by atoms with van der Waals surface area (Å²) in [6.45, 7) is 4.52. The molecule has 0 saturated carbocycles. The van der Waals surface area contributed by atoms with Crippen molar-refractivity contribution in [3.8, 4) is 0 Å². The van der Waals surface area contributed by atoms with Crippen LogP contribution in [0.15, 0.2) is 0 Å². The maximum atomic E-state index is 6.22. The van der Waals surface area contributed by atoms with Gasteiger partial charge in [-0.25, -0.2) is 4.68 Å². The van der Waals surface area contributed by atoms with Crippen LogP contribution >= 0.6 is 11.6 Å². The van der Waals surface area contributed by atoms with Gasteiger partial charge in [0.1, 0.15) is 0 Å². The summed E-state index contributed by atoms with van der Waals surface area (Å²) in [4.78, 5) is 0. The van der Waals surface area contributed by atoms with Crippen molar-refractivity contribution in [1.29, 1.82) is 0 Å². The molecular weight excluding hydrogens is 252 g/mol. The lowest BCUT2D eigenvalue weighted by Crippen LogP contribution is -2.11. The van der Waals surface area contributed by atoms with E-state index >= 15 is 0 Å². The van der Waals surface area contributed by atoms with Crippen molar-refractivity contribution in [3.63, 3.8) is 0 Å². The molecule has 0 radical (unpaired) electrons. The molecule has 0 bridgehead atoms. The molecule has 0 saturated heterocycles. The van der Waals surface area contributed by atoms with Crippen molar-refractivity contribution in [2.45, 2.75) is 33.2 Å². The van der Waals surface area contributed by atoms with E-state index in [4.69, 9.17) is 17.3 Å². The number of aromatic nitrogens is 5. The van der Waals surface area contributed by atoms with E-state index in [2.05, 4.69) is 22.3 Å². The highest BCUT2D eigenvalue weighted by Gasteiger charge is 2.15. The number of nitrogens with zero attached hydrogens (tertiary/aromatic N) is 5. The third kappa shape index (κ3) is 2.20. The van der Waals surface area contributed by atoms with Crippen LogP contribution in [0.5, 0.6) is 0 Å². The highest BCUT2D eigenvalue weighted by atomic mass is 35.5. The zero-order valence-electron chi connectivity index (χ0n) is 10.8. The summed E-state index contributed by atoms with van der Waals surface area (Å²) in [5, 5.41) is 12.9. The molecule has 18 heavy (non-hydrogen) atoms. The van der Waals surface area contributed by atoms with E-state index < -0.39 is 0 Å². The molecule has 0 spiro atoms. The van der Waals surface area contributed by atoms with Gasteiger partial charge in [-0.2, -0.15) is 5.10 Å². The minimum atomic E-state index is 0.492. The Labute approximate surface area is 111 Å². The molecular formula is C11H17ClN6. The smallest absolute Gasteiger partial charge is 0.169 e. The van der Waals surface area contributed by atoms with Crippen LogP contribution in [0.4, 0.5) is 5.82 Å². The van der Waals surface area contributed by atoms with Gasteiger partial charge in [0, 0.05) is 7.05 Å². The number of anilines is 1. The van der Waals surface area contributed by atoms with E-state index in [9.17, 15) is 0 Å². The Kier molecular flexibility index (Phi) is 3.56. The fourth-order valence-electron chi connectivity index (χ4n) is 1.96. The van der Waals surface area contributed by atoms with Crippen LogP contribution in [0, 0.1) is 6.92 Å². The molecule has 0 unspecified atom stereocenters. The summed E-state index contributed by atoms with van der Waals surface area (Å²) in [5.74, 6) is 0.492. The van der Waals surface area contributed by atoms with E-state index in [0.29, 0.717) is 17.4 Å². The molecule has 0 atom stereocenters. The number of nitrogen functional groups attached to an aromatic ring is 1. The lowest BCUT2D eigenvalue weighted by atomic mass is 10.2. The number of hydrogen-bond acceptors (Lipinski definition) is 4. The van der Waals surface area contributed by atoms with Gasteiger partial charge in [0.2, 0.25) is 0 Å². The Balaban J connectivity index is 2.34. The number of nitrogens with two attached hydrogens (primary N) is 1. The maximum absolute atomic E-state index is 6.22. The van der Waals surface area contributed by atoms with Crippen molar-refractivity contribution in [2.24, 2.45) is 7.05 Å². The minimum absolute atomic E-state index is 0.492. The van der Waals surface area contributed by atoms with Crippen LogP contribution in [0.3, 0.4) is 0 Å². The largest absolute Gasteiger partial charge is 0.381 e. The summed E-state index contributed by atoms with van der Waals surface area (Å²) < 4.78 is 3.56. The van der Waals surface area contributed by atoms with Gasteiger partial charge in [0.25, 0.3) is 0 Å². The fraction of sp³-hybridized carbons (Fsp3) is 0.545. The quantitative estimate of drug-likeness (QED) is 0.913. The molecule has 0 fully saturated rings. The Bertz CT molecular complexity index is 556. The molecule has 2 N–H and O–H groups in total. The van der Waals surface area contributed by atoms with Gasteiger partial charge in [-0.15, -0.1) is 5.10 Å². The van der Waals surface area contributed by atoms with E-state index in [1.165, 1.54) is 0 Å². The first kappa shape index (κ1) is 12.9. The summed E-state index contributed by atoms with van der Waals surface area (Å²) >= 11 is 6.22. The predicted molar refractivity (Wildman–Crippen MR) is 70.5 cm³/mol. The molecule has 2 aromatic rings. The van der Waals surface area contributed by atoms with E-state index in [1.54, 1.807) is 9.36 Å². The van der Waals surface area contributed by atoms with Gasteiger partial charge in [0.15, 0.2) is 5.82 Å². The predicted octanol–water partition coefficient (Wildman–Crippen LogP) is 1.56. The van der Waals surface area contributed by atoms with Gasteiger partial charge in [0.05, 0.1) is 28.6 Å². The molecule has 0 aromatic carbocycles. The molecule has 6 nitrogen and oxygen atoms in total. The van der Waals surface area contributed by atoms with Crippen LogP contribution in [-0.4, -0.2) is 24.8 Å². The van der Waals surface area contributed by atoms with Gasteiger partial charge in [-0.3, -0.25) is 4.68 Å². The first-order chi connectivity index (χ1) is 8.54. The lowest BCUT2D eigenvalue weighted by Gasteiger charge is -2.06. The summed E-state index contributed by atoms with van der Waals surface area (Å²) in [7, 11) is 1.87. The zero-order valence-corrected chi connectivity index (χ0v) is 11.6. The normalized spacial score (nSPS) is 11.1. The molecule has 7 heteroatoms. The standard InChI is InChI=1S/C11H17ClN6/c1-4-5-8-11(13)14-16-18(8)6-9-10(12)7(2)15-17(9)3/h4-6,13H2,1-3H3. The second kappa shape index (κ2) is 4.97. The van der Waals surface area contributed by atoms with Crippen LogP contribution in [0.2, 0.25) is 5.02 Å². The van der Waals surface area contributed by atoms with Crippen molar-refractivity contribution < 1.29 is 0 Å². The second-order valence-corrected chi connectivity index (χ2v) is 4.68. The average Bonchev–Trinajstić information content (AvgIpc) is 2.78. The number of hydrogen-bond donors (Lipinski definition) is 1. The second-order valence-electron chi connectivity index (χ2n) is 4.30. The zero-order chi connectivity index (χ0) is 13.3. The van der Waals surface area contributed by atoms with E-state index in [-0.39, 0.29) is 0 Å². The van der Waals surface area contributed by atoms with Crippen LogP contribution in [-0.2, 0) is 20.0 Å². The first-order valence-corrected chi connectivity index (χ1v) is 6.28. The van der Waals surface area contributed by atoms with Crippen LogP contribution < -0.4 is 5.73 Å². The molecule has 2 rings (SSSR count). The fourth-order valence-corrected chi connectivity index (χ4v) is 2.18. The Morgan fingerprint density at radius 1 is 1.33 bits per heavy atom. The highest BCUT2D eigenvalue weighted by molar-refractivity contribution is 6.31. The Morgan fingerprint density at radius 3 is 2.61 bits per heavy atom. The lowest BCUT2D eigenvalue weighted by molar-refractivity contribution is 0.576. The van der Waals surface area contributed by atoms with Crippen LogP contribution in [0.25, 0.3) is 0 Å². The molecule has 2 heterocycles. The van der Waals surface area contributed by atoms with Gasteiger partial charge in [-0.1, -0.05) is 30.2 Å². The molecule has 98 valence electrons. The summed E-state index contributed by atoms with van der Waals surface area (Å²) in [6, 6.07) is 0. The highest BCUT2D eigenvalue weighted by Crippen LogP contribution is 2.21.